The lowest BCUT2D eigenvalue weighted by Gasteiger charge is -2.38. The van der Waals surface area contributed by atoms with Crippen LogP contribution < -0.4 is 5.56 Å². The van der Waals surface area contributed by atoms with Crippen LogP contribution in [0.15, 0.2) is 40.3 Å². The Hall–Kier alpha value is -2.61. The molecule has 0 saturated carbocycles. The van der Waals surface area contributed by atoms with Crippen LogP contribution in [0.5, 0.6) is 0 Å². The maximum Gasteiger partial charge on any atom is 0.254 e. The predicted octanol–water partition coefficient (Wildman–Crippen LogP) is 3.28. The Kier molecular flexibility index (Phi) is 8.50. The van der Waals surface area contributed by atoms with Crippen LogP contribution in [0.1, 0.15) is 54.2 Å². The van der Waals surface area contributed by atoms with E-state index < -0.39 is 0 Å². The van der Waals surface area contributed by atoms with Crippen LogP contribution in [0.4, 0.5) is 0 Å². The molecular formula is C24H32N4O3S. The maximum atomic E-state index is 13.1. The zero-order valence-electron chi connectivity index (χ0n) is 19.1. The number of hydrogen-bond donors (Lipinski definition) is 1. The molecule has 2 amide bonds. The number of hydrogen-bond acceptors (Lipinski definition) is 5. The minimum atomic E-state index is -0.163. The van der Waals surface area contributed by atoms with E-state index in [1.165, 1.54) is 11.8 Å². The van der Waals surface area contributed by atoms with E-state index in [2.05, 4.69) is 16.9 Å². The van der Waals surface area contributed by atoms with Gasteiger partial charge in [-0.25, -0.2) is 4.98 Å². The second-order valence-corrected chi connectivity index (χ2v) is 8.91. The summed E-state index contributed by atoms with van der Waals surface area (Å²) in [6.07, 6.45) is 4.95. The van der Waals surface area contributed by atoms with Gasteiger partial charge in [-0.05, 0) is 51.0 Å². The number of likely N-dealkylation sites (tertiary alicyclic amines) is 1. The lowest BCUT2D eigenvalue weighted by atomic mass is 10.0. The number of piperidine rings is 1. The van der Waals surface area contributed by atoms with E-state index in [0.717, 1.165) is 19.3 Å². The summed E-state index contributed by atoms with van der Waals surface area (Å²) in [7, 11) is 0. The molecule has 2 heterocycles. The molecular weight excluding hydrogens is 424 g/mol. The van der Waals surface area contributed by atoms with Gasteiger partial charge in [0.05, 0.1) is 0 Å². The molecule has 172 valence electrons. The third-order valence-corrected chi connectivity index (χ3v) is 6.56. The highest BCUT2D eigenvalue weighted by Gasteiger charge is 2.29. The molecule has 8 heteroatoms. The van der Waals surface area contributed by atoms with E-state index in [-0.39, 0.29) is 29.8 Å². The molecule has 7 nitrogen and oxygen atoms in total. The van der Waals surface area contributed by atoms with Crippen molar-refractivity contribution in [2.45, 2.75) is 57.1 Å². The average Bonchev–Trinajstić information content (AvgIpc) is 2.82. The van der Waals surface area contributed by atoms with Crippen molar-refractivity contribution in [3.8, 4) is 0 Å². The van der Waals surface area contributed by atoms with Gasteiger partial charge in [-0.3, -0.25) is 14.4 Å². The number of nitrogens with one attached hydrogen (secondary N) is 1. The van der Waals surface area contributed by atoms with Crippen LogP contribution >= 0.6 is 11.8 Å². The Bertz CT molecular complexity index is 984. The molecule has 0 aliphatic carbocycles. The second-order valence-electron chi connectivity index (χ2n) is 8.12. The minimum Gasteiger partial charge on any atom is -0.340 e. The summed E-state index contributed by atoms with van der Waals surface area (Å²) < 4.78 is 0. The molecule has 0 unspecified atom stereocenters. The first kappa shape index (κ1) is 24.0. The van der Waals surface area contributed by atoms with Crippen LogP contribution in [-0.4, -0.2) is 63.5 Å². The minimum absolute atomic E-state index is 0.0494. The summed E-state index contributed by atoms with van der Waals surface area (Å²) in [5, 5.41) is 0.590. The van der Waals surface area contributed by atoms with E-state index in [4.69, 9.17) is 0 Å². The molecule has 32 heavy (non-hydrogen) atoms. The molecule has 3 rings (SSSR count). The number of amides is 2. The smallest absolute Gasteiger partial charge is 0.254 e. The van der Waals surface area contributed by atoms with Gasteiger partial charge in [0.15, 0.2) is 5.16 Å². The molecule has 1 aromatic carbocycles. The van der Waals surface area contributed by atoms with E-state index in [0.29, 0.717) is 48.0 Å². The summed E-state index contributed by atoms with van der Waals surface area (Å²) in [4.78, 5) is 49.2. The first-order chi connectivity index (χ1) is 15.4. The lowest BCUT2D eigenvalue weighted by molar-refractivity contribution is -0.134. The van der Waals surface area contributed by atoms with Crippen molar-refractivity contribution in [3.05, 3.63) is 57.5 Å². The Morgan fingerprint density at radius 1 is 1.22 bits per heavy atom. The molecule has 1 aromatic heterocycles. The zero-order chi connectivity index (χ0) is 23.1. The van der Waals surface area contributed by atoms with E-state index in [1.807, 2.05) is 53.3 Å². The van der Waals surface area contributed by atoms with E-state index in [1.54, 1.807) is 0 Å². The monoisotopic (exact) mass is 456 g/mol. The third-order valence-electron chi connectivity index (χ3n) is 5.98. The zero-order valence-corrected chi connectivity index (χ0v) is 19.9. The third kappa shape index (κ3) is 5.79. The fraction of sp³-hybridized carbons (Fsp3) is 0.500. The van der Waals surface area contributed by atoms with Crippen LogP contribution in [-0.2, 0) is 11.2 Å². The fourth-order valence-corrected chi connectivity index (χ4v) is 4.67. The number of aromatic nitrogens is 2. The average molecular weight is 457 g/mol. The van der Waals surface area contributed by atoms with Crippen LogP contribution in [0.3, 0.4) is 0 Å². The summed E-state index contributed by atoms with van der Waals surface area (Å²) in [5.74, 6) is 0.112. The van der Waals surface area contributed by atoms with Crippen molar-refractivity contribution in [2.75, 3.05) is 25.9 Å². The van der Waals surface area contributed by atoms with Gasteiger partial charge in [0, 0.05) is 48.9 Å². The molecule has 1 aliphatic heterocycles. The van der Waals surface area contributed by atoms with Crippen molar-refractivity contribution in [2.24, 2.45) is 0 Å². The summed E-state index contributed by atoms with van der Waals surface area (Å²) in [6.45, 7) is 5.86. The lowest BCUT2D eigenvalue weighted by Crippen LogP contribution is -2.49. The standard InChI is InChI=1S/C24H32N4O3S/c1-4-14-28(21(29)11-10-20-17(2)25-24(32-3)26-22(20)30)19-12-15-27(16-13-19)23(31)18-8-6-5-7-9-18/h5-9,19H,4,10-16H2,1-3H3,(H,25,26,30). The molecule has 1 aliphatic rings. The van der Waals surface area contributed by atoms with Gasteiger partial charge in [0.1, 0.15) is 0 Å². The predicted molar refractivity (Wildman–Crippen MR) is 127 cm³/mol. The Labute approximate surface area is 193 Å². The molecule has 0 radical (unpaired) electrons. The SMILES string of the molecule is CCCN(C(=O)CCc1c(C)nc(SC)[nH]c1=O)C1CCN(C(=O)c2ccccc2)CC1. The first-order valence-electron chi connectivity index (χ1n) is 11.2. The molecule has 2 aromatic rings. The number of carbonyl (C=O) groups is 2. The maximum absolute atomic E-state index is 13.1. The number of nitrogens with zero attached hydrogens (tertiary/aromatic N) is 3. The van der Waals surface area contributed by atoms with Gasteiger partial charge in [-0.15, -0.1) is 0 Å². The second kappa shape index (κ2) is 11.3. The summed E-state index contributed by atoms with van der Waals surface area (Å²) in [5.41, 5.74) is 1.80. The van der Waals surface area contributed by atoms with E-state index >= 15 is 0 Å². The molecule has 1 N–H and O–H groups in total. The molecule has 0 atom stereocenters. The van der Waals surface area contributed by atoms with Crippen molar-refractivity contribution < 1.29 is 9.59 Å². The molecule has 1 saturated heterocycles. The largest absolute Gasteiger partial charge is 0.340 e. The van der Waals surface area contributed by atoms with Crippen molar-refractivity contribution in [1.82, 2.24) is 19.8 Å². The molecule has 1 fully saturated rings. The first-order valence-corrected chi connectivity index (χ1v) is 12.4. The number of thioether (sulfide) groups is 1. The molecule has 0 bridgehead atoms. The van der Waals surface area contributed by atoms with Gasteiger partial charge in [-0.2, -0.15) is 0 Å². The topological polar surface area (TPSA) is 86.4 Å². The summed E-state index contributed by atoms with van der Waals surface area (Å²) >= 11 is 1.39. The van der Waals surface area contributed by atoms with Gasteiger partial charge in [0.2, 0.25) is 5.91 Å². The highest BCUT2D eigenvalue weighted by molar-refractivity contribution is 7.98. The normalized spacial score (nSPS) is 14.4. The Balaban J connectivity index is 1.60. The van der Waals surface area contributed by atoms with Crippen molar-refractivity contribution in [3.63, 3.8) is 0 Å². The van der Waals surface area contributed by atoms with Crippen LogP contribution in [0.2, 0.25) is 0 Å². The van der Waals surface area contributed by atoms with Gasteiger partial charge >= 0.3 is 0 Å². The van der Waals surface area contributed by atoms with Gasteiger partial charge in [0.25, 0.3) is 11.5 Å². The number of carbonyl (C=O) groups excluding carboxylic acids is 2. The molecule has 0 spiro atoms. The van der Waals surface area contributed by atoms with Crippen LogP contribution in [0, 0.1) is 6.92 Å². The number of aromatic amines is 1. The van der Waals surface area contributed by atoms with Gasteiger partial charge < -0.3 is 14.8 Å². The number of aryl methyl sites for hydroxylation is 1. The Morgan fingerprint density at radius 3 is 2.50 bits per heavy atom. The number of H-pyrrole nitrogens is 1. The Morgan fingerprint density at radius 2 is 1.91 bits per heavy atom. The summed E-state index contributed by atoms with van der Waals surface area (Å²) in [6, 6.07) is 9.45. The fourth-order valence-electron chi connectivity index (χ4n) is 4.25. The van der Waals surface area contributed by atoms with E-state index in [9.17, 15) is 14.4 Å². The van der Waals surface area contributed by atoms with Crippen LogP contribution in [0.25, 0.3) is 0 Å². The highest BCUT2D eigenvalue weighted by Crippen LogP contribution is 2.20. The highest BCUT2D eigenvalue weighted by atomic mass is 32.2. The number of rotatable bonds is 8. The van der Waals surface area contributed by atoms with Crippen molar-refractivity contribution in [1.29, 1.82) is 0 Å². The van der Waals surface area contributed by atoms with Crippen molar-refractivity contribution >= 4 is 23.6 Å². The quantitative estimate of drug-likeness (QED) is 0.487. The number of benzene rings is 1. The van der Waals surface area contributed by atoms with Gasteiger partial charge in [-0.1, -0.05) is 36.9 Å².